The van der Waals surface area contributed by atoms with Gasteiger partial charge in [0.1, 0.15) is 11.5 Å². The molecule has 1 N–H and O–H groups in total. The maximum absolute atomic E-state index is 13.0. The van der Waals surface area contributed by atoms with Gasteiger partial charge in [0, 0.05) is 22.2 Å². The van der Waals surface area contributed by atoms with E-state index in [-0.39, 0.29) is 17.4 Å². The number of amides is 1. The van der Waals surface area contributed by atoms with Crippen molar-refractivity contribution in [2.45, 2.75) is 26.0 Å². The molecule has 1 aromatic heterocycles. The van der Waals surface area contributed by atoms with Crippen LogP contribution in [0.5, 0.6) is 5.75 Å². The van der Waals surface area contributed by atoms with Crippen LogP contribution in [-0.2, 0) is 9.59 Å². The monoisotopic (exact) mass is 454 g/mol. The zero-order valence-corrected chi connectivity index (χ0v) is 18.4. The number of ether oxygens (including phenoxy) is 1. The van der Waals surface area contributed by atoms with E-state index in [1.807, 2.05) is 13.8 Å². The van der Waals surface area contributed by atoms with Gasteiger partial charge in [-0.1, -0.05) is 23.7 Å². The number of hydrogen-bond donors (Lipinski definition) is 1. The van der Waals surface area contributed by atoms with Gasteiger partial charge in [-0.2, -0.15) is 0 Å². The SMILES string of the molecule is CC(C)Oc1ccc(/C(O)=C2\C(=O)C(=O)N(c3nccs3)[C@@H]2c2cccc(Cl)c2)cc1. The van der Waals surface area contributed by atoms with E-state index in [4.69, 9.17) is 16.3 Å². The van der Waals surface area contributed by atoms with Crippen LogP contribution in [0.25, 0.3) is 5.76 Å². The van der Waals surface area contributed by atoms with Crippen LogP contribution in [0.4, 0.5) is 5.13 Å². The van der Waals surface area contributed by atoms with Crippen LogP contribution in [-0.4, -0.2) is 27.9 Å². The summed E-state index contributed by atoms with van der Waals surface area (Å²) in [6.07, 6.45) is 1.56. The standard InChI is InChI=1S/C23H19ClN2O4S/c1-13(2)30-17-8-6-14(7-9-17)20(27)18-19(15-4-3-5-16(24)12-15)26(22(29)21(18)28)23-25-10-11-31-23/h3-13,19,27H,1-2H3/b20-18+/t19-/m1/s1. The molecule has 1 aliphatic rings. The third-order valence-corrected chi connectivity index (χ3v) is 5.74. The van der Waals surface area contributed by atoms with Crippen LogP contribution < -0.4 is 9.64 Å². The first-order valence-corrected chi connectivity index (χ1v) is 10.9. The molecule has 158 valence electrons. The Labute approximate surface area is 188 Å². The fourth-order valence-electron chi connectivity index (χ4n) is 3.48. The highest BCUT2D eigenvalue weighted by Crippen LogP contribution is 2.43. The number of benzene rings is 2. The molecule has 2 aromatic carbocycles. The second-order valence-corrected chi connectivity index (χ2v) is 8.54. The van der Waals surface area contributed by atoms with Gasteiger partial charge in [0.25, 0.3) is 5.78 Å². The number of nitrogens with zero attached hydrogens (tertiary/aromatic N) is 2. The zero-order chi connectivity index (χ0) is 22.1. The number of anilines is 1. The van der Waals surface area contributed by atoms with Crippen LogP contribution in [0.3, 0.4) is 0 Å². The lowest BCUT2D eigenvalue weighted by Crippen LogP contribution is -2.29. The molecule has 8 heteroatoms. The summed E-state index contributed by atoms with van der Waals surface area (Å²) in [5, 5.41) is 13.6. The Bertz CT molecular complexity index is 1160. The van der Waals surface area contributed by atoms with Gasteiger partial charge >= 0.3 is 5.91 Å². The minimum Gasteiger partial charge on any atom is -0.507 e. The van der Waals surface area contributed by atoms with Crippen molar-refractivity contribution in [3.05, 3.63) is 81.8 Å². The molecule has 6 nitrogen and oxygen atoms in total. The summed E-state index contributed by atoms with van der Waals surface area (Å²) in [5.74, 6) is -1.15. The Morgan fingerprint density at radius 1 is 1.19 bits per heavy atom. The molecule has 1 saturated heterocycles. The van der Waals surface area contributed by atoms with Crippen molar-refractivity contribution in [2.75, 3.05) is 4.90 Å². The summed E-state index contributed by atoms with van der Waals surface area (Å²) in [5.41, 5.74) is 0.989. The number of carbonyl (C=O) groups is 2. The number of carbonyl (C=O) groups excluding carboxylic acids is 2. The van der Waals surface area contributed by atoms with E-state index in [2.05, 4.69) is 4.98 Å². The predicted molar refractivity (Wildman–Crippen MR) is 121 cm³/mol. The number of aliphatic hydroxyl groups is 1. The third kappa shape index (κ3) is 4.06. The average Bonchev–Trinajstić information content (AvgIpc) is 3.35. The van der Waals surface area contributed by atoms with Gasteiger partial charge in [-0.3, -0.25) is 14.5 Å². The molecule has 3 aromatic rings. The van der Waals surface area contributed by atoms with Gasteiger partial charge < -0.3 is 9.84 Å². The first kappa shape index (κ1) is 21.1. The number of halogens is 1. The van der Waals surface area contributed by atoms with Gasteiger partial charge in [-0.25, -0.2) is 4.98 Å². The van der Waals surface area contributed by atoms with Crippen molar-refractivity contribution in [3.8, 4) is 5.75 Å². The topological polar surface area (TPSA) is 79.7 Å². The van der Waals surface area contributed by atoms with Crippen LogP contribution in [0.15, 0.2) is 65.7 Å². The van der Waals surface area contributed by atoms with Gasteiger partial charge in [0.05, 0.1) is 17.7 Å². The molecule has 1 atom stereocenters. The molecule has 0 unspecified atom stereocenters. The first-order valence-electron chi connectivity index (χ1n) is 9.60. The molecule has 0 aliphatic carbocycles. The lowest BCUT2D eigenvalue weighted by molar-refractivity contribution is -0.132. The number of ketones is 1. The molecule has 1 amide bonds. The predicted octanol–water partition coefficient (Wildman–Crippen LogP) is 5.21. The summed E-state index contributed by atoms with van der Waals surface area (Å²) in [4.78, 5) is 31.5. The lowest BCUT2D eigenvalue weighted by Gasteiger charge is -2.23. The Morgan fingerprint density at radius 2 is 1.94 bits per heavy atom. The molecule has 0 bridgehead atoms. The number of rotatable bonds is 5. The maximum atomic E-state index is 13.0. The van der Waals surface area contributed by atoms with Gasteiger partial charge in [-0.05, 0) is 55.8 Å². The van der Waals surface area contributed by atoms with Gasteiger partial charge in [-0.15, -0.1) is 11.3 Å². The van der Waals surface area contributed by atoms with Crippen molar-refractivity contribution in [1.82, 2.24) is 4.98 Å². The highest BCUT2D eigenvalue weighted by molar-refractivity contribution is 7.14. The molecule has 2 heterocycles. The highest BCUT2D eigenvalue weighted by Gasteiger charge is 2.48. The van der Waals surface area contributed by atoms with Crippen LogP contribution >= 0.6 is 22.9 Å². The third-order valence-electron chi connectivity index (χ3n) is 4.73. The number of thiazole rings is 1. The quantitative estimate of drug-likeness (QED) is 0.325. The fraction of sp³-hybridized carbons (Fsp3) is 0.174. The highest BCUT2D eigenvalue weighted by atomic mass is 35.5. The summed E-state index contributed by atoms with van der Waals surface area (Å²) in [7, 11) is 0. The Balaban J connectivity index is 1.85. The van der Waals surface area contributed by atoms with Crippen molar-refractivity contribution >= 4 is 45.5 Å². The normalized spacial score (nSPS) is 18.1. The Kier molecular flexibility index (Phi) is 5.80. The van der Waals surface area contributed by atoms with E-state index >= 15 is 0 Å². The first-order chi connectivity index (χ1) is 14.9. The van der Waals surface area contributed by atoms with Crippen LogP contribution in [0, 0.1) is 0 Å². The molecule has 4 rings (SSSR count). The van der Waals surface area contributed by atoms with Gasteiger partial charge in [0.2, 0.25) is 0 Å². The largest absolute Gasteiger partial charge is 0.507 e. The van der Waals surface area contributed by atoms with Crippen molar-refractivity contribution in [1.29, 1.82) is 0 Å². The van der Waals surface area contributed by atoms with E-state index in [0.717, 1.165) is 0 Å². The zero-order valence-electron chi connectivity index (χ0n) is 16.8. The minimum absolute atomic E-state index is 0.00546. The van der Waals surface area contributed by atoms with E-state index < -0.39 is 17.7 Å². The fourth-order valence-corrected chi connectivity index (χ4v) is 4.34. The van der Waals surface area contributed by atoms with E-state index in [1.165, 1.54) is 16.2 Å². The average molecular weight is 455 g/mol. The molecule has 0 radical (unpaired) electrons. The molecule has 31 heavy (non-hydrogen) atoms. The van der Waals surface area contributed by atoms with E-state index in [0.29, 0.717) is 27.0 Å². The molecule has 1 aliphatic heterocycles. The van der Waals surface area contributed by atoms with E-state index in [1.54, 1.807) is 60.1 Å². The van der Waals surface area contributed by atoms with E-state index in [9.17, 15) is 14.7 Å². The Hall–Kier alpha value is -3.16. The molecular formula is C23H19ClN2O4S. The Morgan fingerprint density at radius 3 is 2.55 bits per heavy atom. The van der Waals surface area contributed by atoms with Crippen molar-refractivity contribution in [3.63, 3.8) is 0 Å². The number of aromatic nitrogens is 1. The second-order valence-electron chi connectivity index (χ2n) is 7.23. The van der Waals surface area contributed by atoms with Gasteiger partial charge in [0.15, 0.2) is 5.13 Å². The van der Waals surface area contributed by atoms with Crippen LogP contribution in [0.2, 0.25) is 5.02 Å². The number of hydrogen-bond acceptors (Lipinski definition) is 6. The summed E-state index contributed by atoms with van der Waals surface area (Å²) in [6, 6.07) is 12.7. The molecule has 0 saturated carbocycles. The maximum Gasteiger partial charge on any atom is 0.301 e. The van der Waals surface area contributed by atoms with Crippen molar-refractivity contribution in [2.24, 2.45) is 0 Å². The minimum atomic E-state index is -0.851. The molecule has 1 fully saturated rings. The lowest BCUT2D eigenvalue weighted by atomic mass is 9.95. The summed E-state index contributed by atoms with van der Waals surface area (Å²) < 4.78 is 5.63. The summed E-state index contributed by atoms with van der Waals surface area (Å²) in [6.45, 7) is 3.83. The molecule has 0 spiro atoms. The van der Waals surface area contributed by atoms with Crippen molar-refractivity contribution < 1.29 is 19.4 Å². The van der Waals surface area contributed by atoms with Crippen LogP contribution in [0.1, 0.15) is 31.0 Å². The number of Topliss-reactive ketones (excluding diaryl/α,β-unsaturated/α-hetero) is 1. The number of aliphatic hydroxyl groups excluding tert-OH is 1. The molecular weight excluding hydrogens is 436 g/mol. The summed E-state index contributed by atoms with van der Waals surface area (Å²) >= 11 is 7.41. The smallest absolute Gasteiger partial charge is 0.301 e. The second kappa shape index (κ2) is 8.53.